The Balaban J connectivity index is 2.10. The standard InChI is InChI=1S/C14H18BrN3O2/c1-8(2)14-17-13(18-20-14)7-19-12-5-4-10(15)6-11(12)9(3)16/h4-6,8-9H,7,16H2,1-3H3. The zero-order chi connectivity index (χ0) is 14.7. The molecular formula is C14H18BrN3O2. The zero-order valence-corrected chi connectivity index (χ0v) is 13.3. The highest BCUT2D eigenvalue weighted by Gasteiger charge is 2.13. The van der Waals surface area contributed by atoms with Crippen LogP contribution in [-0.2, 0) is 6.61 Å². The third kappa shape index (κ3) is 3.58. The van der Waals surface area contributed by atoms with Crippen molar-refractivity contribution in [2.24, 2.45) is 5.73 Å². The number of benzene rings is 1. The van der Waals surface area contributed by atoms with Gasteiger partial charge in [-0.15, -0.1) is 0 Å². The molecule has 0 radical (unpaired) electrons. The average molecular weight is 340 g/mol. The van der Waals surface area contributed by atoms with Crippen molar-refractivity contribution in [2.45, 2.75) is 39.3 Å². The summed E-state index contributed by atoms with van der Waals surface area (Å²) in [5, 5.41) is 3.89. The maximum atomic E-state index is 5.95. The summed E-state index contributed by atoms with van der Waals surface area (Å²) in [6, 6.07) is 5.64. The SMILES string of the molecule is CC(C)c1nc(COc2ccc(Br)cc2C(C)N)no1. The molecule has 0 amide bonds. The van der Waals surface area contributed by atoms with E-state index in [1.165, 1.54) is 0 Å². The van der Waals surface area contributed by atoms with Crippen molar-refractivity contribution in [2.75, 3.05) is 0 Å². The van der Waals surface area contributed by atoms with E-state index < -0.39 is 0 Å². The minimum absolute atomic E-state index is 0.112. The van der Waals surface area contributed by atoms with E-state index in [0.29, 0.717) is 11.7 Å². The molecule has 2 N–H and O–H groups in total. The third-order valence-corrected chi connectivity index (χ3v) is 3.29. The van der Waals surface area contributed by atoms with Crippen LogP contribution in [0.15, 0.2) is 27.2 Å². The maximum Gasteiger partial charge on any atom is 0.229 e. The molecule has 2 aromatic rings. The molecular weight excluding hydrogens is 322 g/mol. The molecule has 0 saturated carbocycles. The van der Waals surface area contributed by atoms with Gasteiger partial charge in [0.25, 0.3) is 0 Å². The number of halogens is 1. The molecule has 0 saturated heterocycles. The molecule has 108 valence electrons. The normalized spacial score (nSPS) is 12.7. The van der Waals surface area contributed by atoms with E-state index in [1.54, 1.807) is 0 Å². The minimum atomic E-state index is -0.112. The van der Waals surface area contributed by atoms with Gasteiger partial charge >= 0.3 is 0 Å². The quantitative estimate of drug-likeness (QED) is 0.901. The van der Waals surface area contributed by atoms with Gasteiger partial charge in [-0.2, -0.15) is 4.98 Å². The number of rotatable bonds is 5. The van der Waals surface area contributed by atoms with Crippen LogP contribution in [0.5, 0.6) is 5.75 Å². The maximum absolute atomic E-state index is 5.95. The number of nitrogens with zero attached hydrogens (tertiary/aromatic N) is 2. The fraction of sp³-hybridized carbons (Fsp3) is 0.429. The van der Waals surface area contributed by atoms with E-state index in [-0.39, 0.29) is 18.6 Å². The lowest BCUT2D eigenvalue weighted by atomic mass is 10.1. The highest BCUT2D eigenvalue weighted by molar-refractivity contribution is 9.10. The summed E-state index contributed by atoms with van der Waals surface area (Å²) in [5.74, 6) is 2.10. The van der Waals surface area contributed by atoms with Crippen LogP contribution in [0.4, 0.5) is 0 Å². The fourth-order valence-electron chi connectivity index (χ4n) is 1.71. The van der Waals surface area contributed by atoms with Crippen molar-refractivity contribution in [3.8, 4) is 5.75 Å². The molecule has 1 heterocycles. The van der Waals surface area contributed by atoms with Crippen molar-refractivity contribution in [1.29, 1.82) is 0 Å². The van der Waals surface area contributed by atoms with Gasteiger partial charge in [-0.25, -0.2) is 0 Å². The van der Waals surface area contributed by atoms with Gasteiger partial charge in [-0.05, 0) is 25.1 Å². The topological polar surface area (TPSA) is 74.2 Å². The largest absolute Gasteiger partial charge is 0.485 e. The summed E-state index contributed by atoms with van der Waals surface area (Å²) < 4.78 is 11.9. The Kier molecular flexibility index (Phi) is 4.77. The molecule has 6 heteroatoms. The molecule has 0 fully saturated rings. The van der Waals surface area contributed by atoms with Crippen LogP contribution in [0.25, 0.3) is 0 Å². The van der Waals surface area contributed by atoms with Crippen LogP contribution in [0, 0.1) is 0 Å². The Hall–Kier alpha value is -1.40. The van der Waals surface area contributed by atoms with Gasteiger partial charge in [0, 0.05) is 22.0 Å². The van der Waals surface area contributed by atoms with Gasteiger partial charge in [-0.1, -0.05) is 34.9 Å². The molecule has 1 atom stereocenters. The van der Waals surface area contributed by atoms with E-state index in [9.17, 15) is 0 Å². The third-order valence-electron chi connectivity index (χ3n) is 2.80. The lowest BCUT2D eigenvalue weighted by molar-refractivity contribution is 0.280. The number of hydrogen-bond donors (Lipinski definition) is 1. The molecule has 2 rings (SSSR count). The van der Waals surface area contributed by atoms with Gasteiger partial charge in [0.2, 0.25) is 11.7 Å². The molecule has 0 spiro atoms. The second-order valence-corrected chi connectivity index (χ2v) is 5.88. The molecule has 0 aliphatic heterocycles. The van der Waals surface area contributed by atoms with Crippen molar-refractivity contribution in [3.63, 3.8) is 0 Å². The first-order valence-corrected chi connectivity index (χ1v) is 7.27. The molecule has 0 aliphatic rings. The Bertz CT molecular complexity index is 582. The highest BCUT2D eigenvalue weighted by atomic mass is 79.9. The molecule has 1 unspecified atom stereocenters. The first kappa shape index (κ1) is 15.0. The van der Waals surface area contributed by atoms with E-state index >= 15 is 0 Å². The summed E-state index contributed by atoms with van der Waals surface area (Å²) in [6.07, 6.45) is 0. The van der Waals surface area contributed by atoms with Gasteiger partial charge in [0.1, 0.15) is 5.75 Å². The smallest absolute Gasteiger partial charge is 0.229 e. The van der Waals surface area contributed by atoms with Crippen molar-refractivity contribution < 1.29 is 9.26 Å². The second kappa shape index (κ2) is 6.37. The Morgan fingerprint density at radius 3 is 2.70 bits per heavy atom. The second-order valence-electron chi connectivity index (χ2n) is 4.96. The molecule has 20 heavy (non-hydrogen) atoms. The monoisotopic (exact) mass is 339 g/mol. The molecule has 1 aromatic heterocycles. The van der Waals surface area contributed by atoms with Crippen molar-refractivity contribution in [1.82, 2.24) is 10.1 Å². The van der Waals surface area contributed by atoms with E-state index in [0.717, 1.165) is 15.8 Å². The molecule has 5 nitrogen and oxygen atoms in total. The zero-order valence-electron chi connectivity index (χ0n) is 11.8. The minimum Gasteiger partial charge on any atom is -0.485 e. The van der Waals surface area contributed by atoms with Gasteiger partial charge in [0.05, 0.1) is 0 Å². The van der Waals surface area contributed by atoms with Crippen LogP contribution >= 0.6 is 15.9 Å². The summed E-state index contributed by atoms with van der Waals surface area (Å²) in [6.45, 7) is 6.18. The van der Waals surface area contributed by atoms with E-state index in [4.69, 9.17) is 15.0 Å². The van der Waals surface area contributed by atoms with Crippen LogP contribution in [0.1, 0.15) is 50.0 Å². The summed E-state index contributed by atoms with van der Waals surface area (Å²) in [5.41, 5.74) is 6.88. The lowest BCUT2D eigenvalue weighted by Gasteiger charge is -2.13. The Morgan fingerprint density at radius 2 is 2.10 bits per heavy atom. The first-order chi connectivity index (χ1) is 9.47. The summed E-state index contributed by atoms with van der Waals surface area (Å²) >= 11 is 3.43. The molecule has 0 bridgehead atoms. The summed E-state index contributed by atoms with van der Waals surface area (Å²) in [7, 11) is 0. The van der Waals surface area contributed by atoms with Crippen molar-refractivity contribution >= 4 is 15.9 Å². The number of aromatic nitrogens is 2. The fourth-order valence-corrected chi connectivity index (χ4v) is 2.09. The highest BCUT2D eigenvalue weighted by Crippen LogP contribution is 2.28. The van der Waals surface area contributed by atoms with E-state index in [2.05, 4.69) is 26.1 Å². The predicted octanol–water partition coefficient (Wildman–Crippen LogP) is 3.55. The van der Waals surface area contributed by atoms with Crippen LogP contribution in [0.3, 0.4) is 0 Å². The Labute approximate surface area is 126 Å². The lowest BCUT2D eigenvalue weighted by Crippen LogP contribution is -2.08. The van der Waals surface area contributed by atoms with Crippen LogP contribution in [0.2, 0.25) is 0 Å². The van der Waals surface area contributed by atoms with E-state index in [1.807, 2.05) is 39.0 Å². The molecule has 1 aromatic carbocycles. The van der Waals surface area contributed by atoms with Crippen LogP contribution < -0.4 is 10.5 Å². The number of nitrogens with two attached hydrogens (primary N) is 1. The van der Waals surface area contributed by atoms with Crippen LogP contribution in [-0.4, -0.2) is 10.1 Å². The summed E-state index contributed by atoms with van der Waals surface area (Å²) in [4.78, 5) is 4.27. The van der Waals surface area contributed by atoms with Gasteiger partial charge in [-0.3, -0.25) is 0 Å². The number of hydrogen-bond acceptors (Lipinski definition) is 5. The predicted molar refractivity (Wildman–Crippen MR) is 79.5 cm³/mol. The molecule has 0 aliphatic carbocycles. The average Bonchev–Trinajstić information content (AvgIpc) is 2.86. The van der Waals surface area contributed by atoms with Gasteiger partial charge < -0.3 is 15.0 Å². The van der Waals surface area contributed by atoms with Gasteiger partial charge in [0.15, 0.2) is 6.61 Å². The number of ether oxygens (including phenoxy) is 1. The Morgan fingerprint density at radius 1 is 1.35 bits per heavy atom. The van der Waals surface area contributed by atoms with Crippen molar-refractivity contribution in [3.05, 3.63) is 40.0 Å². The first-order valence-electron chi connectivity index (χ1n) is 6.47.